The molecule has 2 aliphatic rings. The largest absolute Gasteiger partial charge is 0.330 e. The fourth-order valence-corrected chi connectivity index (χ4v) is 4.47. The summed E-state index contributed by atoms with van der Waals surface area (Å²) in [6.07, 6.45) is 15.6. The van der Waals surface area contributed by atoms with Crippen LogP contribution < -0.4 is 5.73 Å². The van der Waals surface area contributed by atoms with Gasteiger partial charge in [-0.1, -0.05) is 86.0 Å². The van der Waals surface area contributed by atoms with Gasteiger partial charge in [-0.3, -0.25) is 0 Å². The number of hydrogen-bond donors (Lipinski definition) is 1. The van der Waals surface area contributed by atoms with E-state index in [4.69, 9.17) is 5.73 Å². The first-order valence-corrected chi connectivity index (χ1v) is 10.6. The molecule has 4 unspecified atom stereocenters. The van der Waals surface area contributed by atoms with Gasteiger partial charge in [-0.05, 0) is 67.9 Å². The maximum atomic E-state index is 6.25. The summed E-state index contributed by atoms with van der Waals surface area (Å²) in [5, 5.41) is 0. The van der Waals surface area contributed by atoms with Crippen molar-refractivity contribution in [3.63, 3.8) is 0 Å². The van der Waals surface area contributed by atoms with Crippen LogP contribution in [0.5, 0.6) is 0 Å². The Bertz CT molecular complexity index is 594. The minimum Gasteiger partial charge on any atom is -0.330 e. The summed E-state index contributed by atoms with van der Waals surface area (Å²) in [5.74, 6) is 3.32. The van der Waals surface area contributed by atoms with Crippen LogP contribution in [0.1, 0.15) is 50.5 Å². The minimum atomic E-state index is 0.571. The molecule has 1 fully saturated rings. The van der Waals surface area contributed by atoms with Crippen LogP contribution in [-0.4, -0.2) is 6.54 Å². The molecule has 1 aromatic rings. The highest BCUT2D eigenvalue weighted by molar-refractivity contribution is 5.13. The van der Waals surface area contributed by atoms with Crippen molar-refractivity contribution in [1.82, 2.24) is 0 Å². The molecule has 0 aliphatic heterocycles. The average Bonchev–Trinajstić information content (AvgIpc) is 3.41. The summed E-state index contributed by atoms with van der Waals surface area (Å²) in [5.41, 5.74) is 7.63. The van der Waals surface area contributed by atoms with Gasteiger partial charge in [0.05, 0.1) is 0 Å². The van der Waals surface area contributed by atoms with Gasteiger partial charge >= 0.3 is 0 Å². The monoisotopic (exact) mass is 349 g/mol. The van der Waals surface area contributed by atoms with Crippen molar-refractivity contribution in [3.8, 4) is 0 Å². The summed E-state index contributed by atoms with van der Waals surface area (Å²) in [6.45, 7) is 0.786. The molecule has 0 radical (unpaired) electrons. The van der Waals surface area contributed by atoms with E-state index in [1.807, 2.05) is 0 Å². The standard InChI is InChI=1S/C25H35N/c26-20-25(18-21-12-6-4-2-1-3-5-7-13-21)22-14-8-10-16-23-19-24(23)17-11-9-15-22/h1-8,10,12-13,22-25H,9,11,14-20,26H2/b2-1?,3-1?,4-2?,5-3?,6-4?,7-5?,10-8-,12-6?,13-7?,21-12?,21-13?. The van der Waals surface area contributed by atoms with Crippen molar-refractivity contribution < 1.29 is 0 Å². The molecule has 3 rings (SSSR count). The third-order valence-electron chi connectivity index (χ3n) is 6.27. The number of fused-ring (bicyclic) bond motifs is 1. The topological polar surface area (TPSA) is 26.0 Å². The smallest absolute Gasteiger partial charge is 0.00429 e. The van der Waals surface area contributed by atoms with Crippen molar-refractivity contribution in [3.05, 3.63) is 72.3 Å². The molecule has 1 heteroatoms. The number of hydrogen-bond acceptors (Lipinski definition) is 1. The van der Waals surface area contributed by atoms with Crippen molar-refractivity contribution in [1.29, 1.82) is 0 Å². The SMILES string of the molecule is NCC(Cc1ccccccccc1)C1C/C=C\CC2CC2CCCC1. The Morgan fingerprint density at radius 1 is 0.808 bits per heavy atom. The summed E-state index contributed by atoms with van der Waals surface area (Å²) < 4.78 is 0. The van der Waals surface area contributed by atoms with Crippen LogP contribution in [0.25, 0.3) is 0 Å². The molecule has 2 aliphatic carbocycles. The third kappa shape index (κ3) is 6.29. The van der Waals surface area contributed by atoms with Crippen LogP contribution in [0.4, 0.5) is 0 Å². The predicted octanol–water partition coefficient (Wildman–Crippen LogP) is 6.09. The van der Waals surface area contributed by atoms with Crippen molar-refractivity contribution in [2.75, 3.05) is 6.54 Å². The molecule has 1 nitrogen and oxygen atoms in total. The lowest BCUT2D eigenvalue weighted by atomic mass is 9.81. The zero-order valence-corrected chi connectivity index (χ0v) is 16.1. The van der Waals surface area contributed by atoms with Gasteiger partial charge in [0.25, 0.3) is 0 Å². The maximum Gasteiger partial charge on any atom is -0.00429 e. The van der Waals surface area contributed by atoms with Gasteiger partial charge in [0.2, 0.25) is 0 Å². The normalized spacial score (nSPS) is 28.0. The molecular formula is C25H35N. The van der Waals surface area contributed by atoms with Crippen molar-refractivity contribution in [2.24, 2.45) is 29.4 Å². The van der Waals surface area contributed by atoms with Crippen LogP contribution in [0.2, 0.25) is 0 Å². The zero-order chi connectivity index (χ0) is 18.0. The summed E-state index contributed by atoms with van der Waals surface area (Å²) in [4.78, 5) is 0. The van der Waals surface area contributed by atoms with Crippen LogP contribution in [0.15, 0.2) is 66.7 Å². The van der Waals surface area contributed by atoms with Gasteiger partial charge < -0.3 is 5.73 Å². The van der Waals surface area contributed by atoms with Gasteiger partial charge in [0.1, 0.15) is 0 Å². The first kappa shape index (κ1) is 19.2. The lowest BCUT2D eigenvalue weighted by Gasteiger charge is -2.25. The molecule has 2 N–H and O–H groups in total. The van der Waals surface area contributed by atoms with E-state index in [0.29, 0.717) is 5.92 Å². The predicted molar refractivity (Wildman–Crippen MR) is 112 cm³/mol. The highest BCUT2D eigenvalue weighted by Gasteiger charge is 2.35. The van der Waals surface area contributed by atoms with Crippen molar-refractivity contribution >= 4 is 0 Å². The summed E-state index contributed by atoms with van der Waals surface area (Å²) in [6, 6.07) is 19.2. The second-order valence-electron chi connectivity index (χ2n) is 8.20. The average molecular weight is 350 g/mol. The highest BCUT2D eigenvalue weighted by atomic mass is 14.6. The Labute approximate surface area is 160 Å². The Kier molecular flexibility index (Phi) is 7.76. The van der Waals surface area contributed by atoms with Gasteiger partial charge in [-0.2, -0.15) is 0 Å². The Hall–Kier alpha value is -1.60. The second-order valence-corrected chi connectivity index (χ2v) is 8.20. The fraction of sp³-hybridized carbons (Fsp3) is 0.520. The van der Waals surface area contributed by atoms with E-state index in [0.717, 1.165) is 30.7 Å². The zero-order valence-electron chi connectivity index (χ0n) is 16.1. The Balaban J connectivity index is 1.67. The van der Waals surface area contributed by atoms with E-state index >= 15 is 0 Å². The van der Waals surface area contributed by atoms with Crippen LogP contribution >= 0.6 is 0 Å². The summed E-state index contributed by atoms with van der Waals surface area (Å²) in [7, 11) is 0. The van der Waals surface area contributed by atoms with Gasteiger partial charge in [0, 0.05) is 0 Å². The molecule has 1 aromatic carbocycles. The molecule has 26 heavy (non-hydrogen) atoms. The van der Waals surface area contributed by atoms with E-state index in [2.05, 4.69) is 66.7 Å². The Morgan fingerprint density at radius 3 is 2.19 bits per heavy atom. The first-order valence-electron chi connectivity index (χ1n) is 10.6. The van der Waals surface area contributed by atoms with Crippen molar-refractivity contribution in [2.45, 2.75) is 51.4 Å². The molecule has 0 amide bonds. The van der Waals surface area contributed by atoms with Gasteiger partial charge in [-0.15, -0.1) is 0 Å². The maximum absolute atomic E-state index is 6.25. The van der Waals surface area contributed by atoms with E-state index in [9.17, 15) is 0 Å². The van der Waals surface area contributed by atoms with Crippen LogP contribution in [-0.2, 0) is 6.42 Å². The van der Waals surface area contributed by atoms with E-state index in [1.165, 1.54) is 50.5 Å². The van der Waals surface area contributed by atoms with E-state index in [1.54, 1.807) is 0 Å². The van der Waals surface area contributed by atoms with E-state index < -0.39 is 0 Å². The van der Waals surface area contributed by atoms with Crippen LogP contribution in [0.3, 0.4) is 0 Å². The molecular weight excluding hydrogens is 314 g/mol. The molecule has 0 saturated heterocycles. The number of allylic oxidation sites excluding steroid dienone is 2. The molecule has 1 saturated carbocycles. The third-order valence-corrected chi connectivity index (χ3v) is 6.27. The minimum absolute atomic E-state index is 0.571. The summed E-state index contributed by atoms with van der Waals surface area (Å²) >= 11 is 0. The lowest BCUT2D eigenvalue weighted by molar-refractivity contribution is 0.308. The second kappa shape index (κ2) is 10.5. The molecule has 4 atom stereocenters. The number of rotatable bonds is 4. The highest BCUT2D eigenvalue weighted by Crippen LogP contribution is 2.45. The molecule has 0 aromatic heterocycles. The van der Waals surface area contributed by atoms with E-state index in [-0.39, 0.29) is 0 Å². The van der Waals surface area contributed by atoms with Gasteiger partial charge in [0.15, 0.2) is 0 Å². The molecule has 140 valence electrons. The first-order chi connectivity index (χ1) is 12.9. The Morgan fingerprint density at radius 2 is 1.46 bits per heavy atom. The lowest BCUT2D eigenvalue weighted by Crippen LogP contribution is -2.25. The number of nitrogens with two attached hydrogens (primary N) is 1. The quantitative estimate of drug-likeness (QED) is 0.654. The fourth-order valence-electron chi connectivity index (χ4n) is 4.47. The molecule has 0 heterocycles. The van der Waals surface area contributed by atoms with Gasteiger partial charge in [-0.25, -0.2) is 0 Å². The molecule has 0 spiro atoms. The molecule has 0 bridgehead atoms. The van der Waals surface area contributed by atoms with Crippen LogP contribution in [0, 0.1) is 23.7 Å².